The fourth-order valence-corrected chi connectivity index (χ4v) is 3.07. The summed E-state index contributed by atoms with van der Waals surface area (Å²) in [4.78, 5) is 12.5. The van der Waals surface area contributed by atoms with Crippen LogP contribution in [0.3, 0.4) is 0 Å². The number of anilines is 1. The number of carbonyl (C=O) groups excluding carboxylic acids is 1. The monoisotopic (exact) mass is 421 g/mol. The van der Waals surface area contributed by atoms with Crippen LogP contribution in [0.1, 0.15) is 42.7 Å². The molecule has 0 unspecified atom stereocenters. The quantitative estimate of drug-likeness (QED) is 0.810. The zero-order chi connectivity index (χ0) is 19.1. The van der Waals surface area contributed by atoms with Gasteiger partial charge in [-0.1, -0.05) is 0 Å². The number of hydrogen-bond donors (Lipinski definition) is 1. The van der Waals surface area contributed by atoms with E-state index < -0.39 is 23.8 Å². The average Bonchev–Trinajstić information content (AvgIpc) is 2.97. The summed E-state index contributed by atoms with van der Waals surface area (Å²) < 4.78 is 41.6. The van der Waals surface area contributed by atoms with E-state index in [-0.39, 0.29) is 10.2 Å². The molecule has 0 bridgehead atoms. The van der Waals surface area contributed by atoms with Crippen molar-refractivity contribution >= 4 is 27.5 Å². The summed E-state index contributed by atoms with van der Waals surface area (Å²) in [5, 5.41) is 10.6. The van der Waals surface area contributed by atoms with E-state index in [1.807, 2.05) is 13.8 Å². The minimum absolute atomic E-state index is 0.161. The molecule has 1 N–H and O–H groups in total. The first-order valence-corrected chi connectivity index (χ1v) is 8.45. The summed E-state index contributed by atoms with van der Waals surface area (Å²) in [6.07, 6.45) is -4.60. The third-order valence-corrected chi connectivity index (χ3v) is 4.97. The van der Waals surface area contributed by atoms with Gasteiger partial charge < -0.3 is 5.32 Å². The molecule has 25 heavy (non-hydrogen) atoms. The maximum absolute atomic E-state index is 13.0. The van der Waals surface area contributed by atoms with Crippen molar-refractivity contribution in [3.05, 3.63) is 27.2 Å². The summed E-state index contributed by atoms with van der Waals surface area (Å²) in [6.45, 7) is 9.13. The first-order valence-electron chi connectivity index (χ1n) is 7.65. The molecule has 2 aromatic heterocycles. The highest BCUT2D eigenvalue weighted by molar-refractivity contribution is 9.10. The Kier molecular flexibility index (Phi) is 5.31. The molecule has 0 radical (unpaired) electrons. The van der Waals surface area contributed by atoms with Gasteiger partial charge in [-0.25, -0.2) is 0 Å². The molecule has 2 rings (SSSR count). The number of carbonyl (C=O) groups is 1. The summed E-state index contributed by atoms with van der Waals surface area (Å²) in [6, 6.07) is -0.920. The number of halogens is 4. The van der Waals surface area contributed by atoms with Gasteiger partial charge in [0.05, 0.1) is 27.2 Å². The van der Waals surface area contributed by atoms with Crippen molar-refractivity contribution in [1.82, 2.24) is 19.6 Å². The molecule has 10 heteroatoms. The van der Waals surface area contributed by atoms with Crippen LogP contribution in [0.25, 0.3) is 0 Å². The molecule has 0 spiro atoms. The lowest BCUT2D eigenvalue weighted by Crippen LogP contribution is -2.26. The number of nitrogens with one attached hydrogen (secondary N) is 1. The Hall–Kier alpha value is -1.84. The number of nitrogens with zero attached hydrogens (tertiary/aromatic N) is 4. The van der Waals surface area contributed by atoms with Gasteiger partial charge in [-0.3, -0.25) is 14.2 Å². The molecule has 1 amide bonds. The minimum atomic E-state index is -4.60. The van der Waals surface area contributed by atoms with Crippen molar-refractivity contribution < 1.29 is 18.0 Å². The number of hydrogen-bond acceptors (Lipinski definition) is 3. The van der Waals surface area contributed by atoms with Crippen LogP contribution in [0, 0.1) is 20.8 Å². The molecular weight excluding hydrogens is 403 g/mol. The fourth-order valence-electron chi connectivity index (χ4n) is 2.58. The van der Waals surface area contributed by atoms with Crippen LogP contribution in [0.4, 0.5) is 18.9 Å². The minimum Gasteiger partial charge on any atom is -0.321 e. The SMILES string of the molecule is CCn1nc(C)c(NC(=O)[C@H](C)n2nc(C(F)(F)F)c(Br)c2C)c1C. The smallest absolute Gasteiger partial charge is 0.321 e. The summed E-state index contributed by atoms with van der Waals surface area (Å²) >= 11 is 2.91. The highest BCUT2D eigenvalue weighted by Crippen LogP contribution is 2.36. The maximum Gasteiger partial charge on any atom is 0.436 e. The highest BCUT2D eigenvalue weighted by atomic mass is 79.9. The predicted molar refractivity (Wildman–Crippen MR) is 90.4 cm³/mol. The Bertz CT molecular complexity index is 809. The van der Waals surface area contributed by atoms with Gasteiger partial charge in [-0.15, -0.1) is 0 Å². The van der Waals surface area contributed by atoms with Gasteiger partial charge >= 0.3 is 6.18 Å². The van der Waals surface area contributed by atoms with Crippen LogP contribution in [-0.2, 0) is 17.5 Å². The van der Waals surface area contributed by atoms with Gasteiger partial charge in [-0.05, 0) is 50.5 Å². The first kappa shape index (κ1) is 19.5. The van der Waals surface area contributed by atoms with Crippen molar-refractivity contribution in [3.63, 3.8) is 0 Å². The molecule has 0 aliphatic heterocycles. The maximum atomic E-state index is 13.0. The molecule has 1 atom stereocenters. The van der Waals surface area contributed by atoms with Crippen molar-refractivity contribution in [3.8, 4) is 0 Å². The lowest BCUT2D eigenvalue weighted by molar-refractivity contribution is -0.142. The second kappa shape index (κ2) is 6.81. The molecular formula is C15H19BrF3N5O. The summed E-state index contributed by atoms with van der Waals surface area (Å²) in [7, 11) is 0. The Morgan fingerprint density at radius 3 is 2.28 bits per heavy atom. The van der Waals surface area contributed by atoms with Crippen LogP contribution in [0.5, 0.6) is 0 Å². The highest BCUT2D eigenvalue weighted by Gasteiger charge is 2.39. The number of alkyl halides is 3. The molecule has 138 valence electrons. The average molecular weight is 422 g/mol. The molecule has 0 saturated heterocycles. The molecule has 0 aliphatic carbocycles. The zero-order valence-corrected chi connectivity index (χ0v) is 16.1. The van der Waals surface area contributed by atoms with Crippen LogP contribution in [0.15, 0.2) is 4.47 Å². The summed E-state index contributed by atoms with van der Waals surface area (Å²) in [5.41, 5.74) is 1.19. The molecule has 6 nitrogen and oxygen atoms in total. The van der Waals surface area contributed by atoms with E-state index in [1.54, 1.807) is 11.6 Å². The lowest BCUT2D eigenvalue weighted by Gasteiger charge is -2.15. The number of aromatic nitrogens is 4. The molecule has 2 aromatic rings. The zero-order valence-electron chi connectivity index (χ0n) is 14.5. The van der Waals surface area contributed by atoms with Gasteiger partial charge in [0.2, 0.25) is 5.91 Å². The van der Waals surface area contributed by atoms with E-state index in [4.69, 9.17) is 0 Å². The van der Waals surface area contributed by atoms with Crippen molar-refractivity contribution in [1.29, 1.82) is 0 Å². The van der Waals surface area contributed by atoms with Gasteiger partial charge in [0.25, 0.3) is 0 Å². The van der Waals surface area contributed by atoms with Crippen molar-refractivity contribution in [2.45, 2.75) is 53.4 Å². The second-order valence-corrected chi connectivity index (χ2v) is 6.51. The van der Waals surface area contributed by atoms with Crippen LogP contribution in [-0.4, -0.2) is 25.5 Å². The molecule has 0 fully saturated rings. The third kappa shape index (κ3) is 3.58. The Balaban J connectivity index is 2.31. The van der Waals surface area contributed by atoms with Crippen molar-refractivity contribution in [2.24, 2.45) is 0 Å². The van der Waals surface area contributed by atoms with Gasteiger partial charge in [0.15, 0.2) is 5.69 Å². The van der Waals surface area contributed by atoms with E-state index in [9.17, 15) is 18.0 Å². The van der Waals surface area contributed by atoms with Crippen LogP contribution >= 0.6 is 15.9 Å². The molecule has 0 saturated carbocycles. The van der Waals surface area contributed by atoms with E-state index >= 15 is 0 Å². The van der Waals surface area contributed by atoms with E-state index in [1.165, 1.54) is 13.8 Å². The number of aryl methyl sites for hydroxylation is 2. The third-order valence-electron chi connectivity index (χ3n) is 4.02. The van der Waals surface area contributed by atoms with Gasteiger partial charge in [0, 0.05) is 6.54 Å². The number of amides is 1. The Morgan fingerprint density at radius 2 is 1.84 bits per heavy atom. The van der Waals surface area contributed by atoms with E-state index in [2.05, 4.69) is 31.4 Å². The van der Waals surface area contributed by atoms with Gasteiger partial charge in [0.1, 0.15) is 6.04 Å². The first-order chi connectivity index (χ1) is 11.5. The summed E-state index contributed by atoms with van der Waals surface area (Å²) in [5.74, 6) is -0.464. The second-order valence-electron chi connectivity index (χ2n) is 5.72. The molecule has 0 aliphatic rings. The number of rotatable bonds is 4. The predicted octanol–water partition coefficient (Wildman–Crippen LogP) is 4.01. The van der Waals surface area contributed by atoms with E-state index in [0.717, 1.165) is 10.4 Å². The lowest BCUT2D eigenvalue weighted by atomic mass is 10.2. The normalized spacial score (nSPS) is 13.2. The fraction of sp³-hybridized carbons (Fsp3) is 0.533. The largest absolute Gasteiger partial charge is 0.436 e. The van der Waals surface area contributed by atoms with Crippen molar-refractivity contribution in [2.75, 3.05) is 5.32 Å². The van der Waals surface area contributed by atoms with Crippen LogP contribution < -0.4 is 5.32 Å². The molecule has 2 heterocycles. The Labute approximate surface area is 151 Å². The Morgan fingerprint density at radius 1 is 1.24 bits per heavy atom. The van der Waals surface area contributed by atoms with Gasteiger partial charge in [-0.2, -0.15) is 23.4 Å². The van der Waals surface area contributed by atoms with E-state index in [0.29, 0.717) is 17.9 Å². The topological polar surface area (TPSA) is 64.7 Å². The van der Waals surface area contributed by atoms with Crippen LogP contribution in [0.2, 0.25) is 0 Å². The standard InChI is InChI=1S/C15H19BrF3N5O/c1-6-23-9(4)12(7(2)21-23)20-14(25)10(5)24-8(3)11(16)13(22-24)15(17,18)19/h10H,6H2,1-5H3,(H,20,25)/t10-/m0/s1. The molecule has 0 aromatic carbocycles.